The van der Waals surface area contributed by atoms with Crippen LogP contribution in [0, 0.1) is 0 Å². The van der Waals surface area contributed by atoms with Crippen molar-refractivity contribution in [2.75, 3.05) is 4.90 Å². The molecular formula is C47H32N2. The van der Waals surface area contributed by atoms with E-state index in [1.165, 1.54) is 77.3 Å². The quantitative estimate of drug-likeness (QED) is 0.185. The first-order chi connectivity index (χ1) is 24.3. The van der Waals surface area contributed by atoms with Crippen molar-refractivity contribution in [1.29, 1.82) is 0 Å². The maximum Gasteiger partial charge on any atom is 0.0541 e. The average molecular weight is 625 g/mol. The van der Waals surface area contributed by atoms with Gasteiger partial charge >= 0.3 is 0 Å². The van der Waals surface area contributed by atoms with Gasteiger partial charge in [0.1, 0.15) is 0 Å². The lowest BCUT2D eigenvalue weighted by atomic mass is 10.0. The molecule has 1 aromatic heterocycles. The molecular weight excluding hydrogens is 593 g/mol. The highest BCUT2D eigenvalue weighted by molar-refractivity contribution is 6.10. The Labute approximate surface area is 285 Å². The minimum atomic E-state index is 0.931. The maximum absolute atomic E-state index is 2.44. The van der Waals surface area contributed by atoms with E-state index in [4.69, 9.17) is 0 Å². The molecule has 0 N–H and O–H groups in total. The lowest BCUT2D eigenvalue weighted by molar-refractivity contribution is 1.18. The Bertz CT molecular complexity index is 2680. The third-order valence-corrected chi connectivity index (χ3v) is 10.2. The summed E-state index contributed by atoms with van der Waals surface area (Å²) >= 11 is 0. The summed E-state index contributed by atoms with van der Waals surface area (Å²) in [4.78, 5) is 2.44. The van der Waals surface area contributed by atoms with Crippen LogP contribution >= 0.6 is 0 Å². The molecule has 2 nitrogen and oxygen atoms in total. The van der Waals surface area contributed by atoms with Crippen molar-refractivity contribution < 1.29 is 0 Å². The summed E-state index contributed by atoms with van der Waals surface area (Å²) in [5.74, 6) is 0. The van der Waals surface area contributed by atoms with Crippen LogP contribution in [0.1, 0.15) is 11.1 Å². The van der Waals surface area contributed by atoms with Crippen molar-refractivity contribution in [2.45, 2.75) is 6.42 Å². The van der Waals surface area contributed by atoms with Crippen LogP contribution in [0.2, 0.25) is 0 Å². The average Bonchev–Trinajstić information content (AvgIpc) is 3.72. The number of para-hydroxylation sites is 2. The van der Waals surface area contributed by atoms with Crippen LogP contribution in [0.25, 0.3) is 60.5 Å². The Balaban J connectivity index is 1.10. The molecule has 0 bridgehead atoms. The van der Waals surface area contributed by atoms with Crippen LogP contribution in [-0.4, -0.2) is 4.57 Å². The van der Waals surface area contributed by atoms with E-state index < -0.39 is 0 Å². The number of hydrogen-bond donors (Lipinski definition) is 0. The molecule has 1 aliphatic rings. The predicted octanol–water partition coefficient (Wildman–Crippen LogP) is 12.6. The van der Waals surface area contributed by atoms with E-state index in [0.29, 0.717) is 0 Å². The zero-order valence-electron chi connectivity index (χ0n) is 26.9. The Hall–Kier alpha value is -6.38. The van der Waals surface area contributed by atoms with Crippen molar-refractivity contribution in [3.8, 4) is 27.9 Å². The normalized spacial score (nSPS) is 12.0. The number of anilines is 3. The smallest absolute Gasteiger partial charge is 0.0541 e. The summed E-state index contributed by atoms with van der Waals surface area (Å²) in [6.45, 7) is 0. The van der Waals surface area contributed by atoms with Gasteiger partial charge in [0.25, 0.3) is 0 Å². The van der Waals surface area contributed by atoms with Gasteiger partial charge in [-0.25, -0.2) is 0 Å². The summed E-state index contributed by atoms with van der Waals surface area (Å²) in [6, 6.07) is 66.4. The maximum atomic E-state index is 2.44. The summed E-state index contributed by atoms with van der Waals surface area (Å²) in [6.07, 6.45) is 0.931. The van der Waals surface area contributed by atoms with Crippen LogP contribution in [0.15, 0.2) is 182 Å². The summed E-state index contributed by atoms with van der Waals surface area (Å²) in [7, 11) is 0. The molecule has 10 rings (SSSR count). The number of fused-ring (bicyclic) bond motifs is 7. The van der Waals surface area contributed by atoms with Crippen LogP contribution in [0.4, 0.5) is 17.1 Å². The van der Waals surface area contributed by atoms with Crippen molar-refractivity contribution in [2.24, 2.45) is 0 Å². The zero-order chi connectivity index (χ0) is 32.3. The number of hydrogen-bond acceptors (Lipinski definition) is 1. The van der Waals surface area contributed by atoms with Crippen LogP contribution < -0.4 is 4.90 Å². The second-order valence-electron chi connectivity index (χ2n) is 13.0. The van der Waals surface area contributed by atoms with Crippen LogP contribution in [0.5, 0.6) is 0 Å². The van der Waals surface area contributed by atoms with Crippen LogP contribution in [0.3, 0.4) is 0 Å². The summed E-state index contributed by atoms with van der Waals surface area (Å²) in [5, 5.41) is 5.01. The fourth-order valence-corrected chi connectivity index (χ4v) is 7.90. The number of benzene rings is 8. The highest BCUT2D eigenvalue weighted by Gasteiger charge is 2.25. The predicted molar refractivity (Wildman–Crippen MR) is 207 cm³/mol. The largest absolute Gasteiger partial charge is 0.310 e. The SMILES string of the molecule is c1ccc(-n2c3ccccc3c3cc(-c4ccc(N(c5ccc6ccccc6c5)c5cccc6c5Cc5ccccc5-6)cc4)ccc32)cc1. The number of nitrogens with zero attached hydrogens (tertiary/aromatic N) is 2. The van der Waals surface area contributed by atoms with E-state index >= 15 is 0 Å². The van der Waals surface area contributed by atoms with Gasteiger partial charge in [0, 0.05) is 34.3 Å². The fourth-order valence-electron chi connectivity index (χ4n) is 7.90. The molecule has 1 aliphatic carbocycles. The van der Waals surface area contributed by atoms with Gasteiger partial charge in [-0.3, -0.25) is 0 Å². The molecule has 0 amide bonds. The first kappa shape index (κ1) is 27.7. The van der Waals surface area contributed by atoms with E-state index in [0.717, 1.165) is 17.8 Å². The molecule has 0 aliphatic heterocycles. The molecule has 1 heterocycles. The van der Waals surface area contributed by atoms with Gasteiger partial charge in [-0.05, 0) is 105 Å². The molecule has 0 radical (unpaired) electrons. The van der Waals surface area contributed by atoms with E-state index in [1.54, 1.807) is 0 Å². The van der Waals surface area contributed by atoms with Crippen molar-refractivity contribution in [3.05, 3.63) is 193 Å². The Morgan fingerprint density at radius 1 is 0.429 bits per heavy atom. The summed E-state index contributed by atoms with van der Waals surface area (Å²) in [5.41, 5.74) is 15.0. The van der Waals surface area contributed by atoms with Crippen molar-refractivity contribution in [3.63, 3.8) is 0 Å². The highest BCUT2D eigenvalue weighted by Crippen LogP contribution is 2.46. The number of rotatable bonds is 5. The molecule has 0 unspecified atom stereocenters. The topological polar surface area (TPSA) is 8.17 Å². The zero-order valence-corrected chi connectivity index (χ0v) is 26.9. The molecule has 2 heteroatoms. The van der Waals surface area contributed by atoms with Crippen molar-refractivity contribution >= 4 is 49.6 Å². The molecule has 0 saturated heterocycles. The first-order valence-corrected chi connectivity index (χ1v) is 17.0. The van der Waals surface area contributed by atoms with Gasteiger partial charge in [0.15, 0.2) is 0 Å². The standard InChI is InChI=1S/C47H32N2/c1-2-14-37(15-3-1)49-45-19-9-8-17-42(45)44-30-35(24-28-47(44)49)33-21-25-38(26-22-33)48(39-27-23-32-11-4-5-12-34(32)29-39)46-20-10-18-41-40-16-7-6-13-36(40)31-43(41)46/h1-30H,31H2. The Morgan fingerprint density at radius 3 is 2.02 bits per heavy atom. The van der Waals surface area contributed by atoms with E-state index in [9.17, 15) is 0 Å². The molecule has 0 fully saturated rings. The van der Waals surface area contributed by atoms with Gasteiger partial charge in [-0.15, -0.1) is 0 Å². The molecule has 230 valence electrons. The second-order valence-corrected chi connectivity index (χ2v) is 13.0. The van der Waals surface area contributed by atoms with Crippen LogP contribution in [-0.2, 0) is 6.42 Å². The fraction of sp³-hybridized carbons (Fsp3) is 0.0213. The first-order valence-electron chi connectivity index (χ1n) is 17.0. The van der Waals surface area contributed by atoms with Gasteiger partial charge < -0.3 is 9.47 Å². The summed E-state index contributed by atoms with van der Waals surface area (Å²) < 4.78 is 2.37. The third kappa shape index (κ3) is 4.49. The van der Waals surface area contributed by atoms with E-state index in [2.05, 4.69) is 191 Å². The minimum Gasteiger partial charge on any atom is -0.310 e. The molecule has 49 heavy (non-hydrogen) atoms. The molecule has 0 atom stereocenters. The molecule has 0 saturated carbocycles. The van der Waals surface area contributed by atoms with Gasteiger partial charge in [-0.2, -0.15) is 0 Å². The lowest BCUT2D eigenvalue weighted by Crippen LogP contribution is -2.12. The highest BCUT2D eigenvalue weighted by atomic mass is 15.1. The monoisotopic (exact) mass is 624 g/mol. The van der Waals surface area contributed by atoms with Crippen molar-refractivity contribution in [1.82, 2.24) is 4.57 Å². The van der Waals surface area contributed by atoms with Gasteiger partial charge in [0.2, 0.25) is 0 Å². The Morgan fingerprint density at radius 2 is 1.12 bits per heavy atom. The third-order valence-electron chi connectivity index (χ3n) is 10.2. The van der Waals surface area contributed by atoms with E-state index in [1.807, 2.05) is 0 Å². The van der Waals surface area contributed by atoms with Gasteiger partial charge in [-0.1, -0.05) is 121 Å². The lowest BCUT2D eigenvalue weighted by Gasteiger charge is -2.28. The molecule has 0 spiro atoms. The molecule has 9 aromatic rings. The molecule has 8 aromatic carbocycles. The Kier molecular flexibility index (Phi) is 6.28. The second kappa shape index (κ2) is 11.1. The number of aromatic nitrogens is 1. The van der Waals surface area contributed by atoms with Gasteiger partial charge in [0.05, 0.1) is 16.7 Å². The minimum absolute atomic E-state index is 0.931. The van der Waals surface area contributed by atoms with E-state index in [-0.39, 0.29) is 0 Å².